The molecule has 1 saturated carbocycles. The molecule has 0 aromatic heterocycles. The molecule has 0 spiro atoms. The van der Waals surface area contributed by atoms with Crippen molar-refractivity contribution in [1.82, 2.24) is 9.80 Å². The van der Waals surface area contributed by atoms with Gasteiger partial charge in [0.05, 0.1) is 6.10 Å². The maximum Gasteiger partial charge on any atom is 0.0695 e. The molecular weight excluding hydrogens is 200 g/mol. The van der Waals surface area contributed by atoms with Crippen molar-refractivity contribution in [2.24, 2.45) is 0 Å². The number of rotatable bonds is 2. The largest absolute Gasteiger partial charge is 0.391 e. The molecule has 0 radical (unpaired) electrons. The number of likely N-dealkylation sites (N-methyl/N-ethyl adjacent to an activating group) is 1. The van der Waals surface area contributed by atoms with Crippen LogP contribution in [0.4, 0.5) is 0 Å². The summed E-state index contributed by atoms with van der Waals surface area (Å²) in [6.45, 7) is 2.33. The third kappa shape index (κ3) is 2.76. The van der Waals surface area contributed by atoms with Crippen molar-refractivity contribution in [2.45, 2.75) is 56.7 Å². The zero-order valence-electron chi connectivity index (χ0n) is 10.7. The van der Waals surface area contributed by atoms with Gasteiger partial charge >= 0.3 is 0 Å². The third-order valence-electron chi connectivity index (χ3n) is 4.32. The number of nitrogens with zero attached hydrogens (tertiary/aromatic N) is 2. The van der Waals surface area contributed by atoms with Crippen LogP contribution in [-0.4, -0.2) is 60.3 Å². The molecule has 2 aliphatic rings. The van der Waals surface area contributed by atoms with E-state index in [1.807, 2.05) is 0 Å². The minimum atomic E-state index is -0.0744. The number of hydrogen-bond acceptors (Lipinski definition) is 3. The Hall–Kier alpha value is -0.120. The summed E-state index contributed by atoms with van der Waals surface area (Å²) in [5, 5.41) is 10.1. The van der Waals surface area contributed by atoms with Crippen LogP contribution in [0.2, 0.25) is 0 Å². The smallest absolute Gasteiger partial charge is 0.0695 e. The highest BCUT2D eigenvalue weighted by Gasteiger charge is 2.32. The van der Waals surface area contributed by atoms with Crippen LogP contribution in [0.1, 0.15) is 38.5 Å². The molecule has 1 aliphatic heterocycles. The van der Waals surface area contributed by atoms with Crippen LogP contribution in [0, 0.1) is 0 Å². The van der Waals surface area contributed by atoms with Crippen LogP contribution in [0.3, 0.4) is 0 Å². The first-order chi connectivity index (χ1) is 7.68. The first-order valence-corrected chi connectivity index (χ1v) is 6.77. The zero-order valence-corrected chi connectivity index (χ0v) is 10.7. The summed E-state index contributed by atoms with van der Waals surface area (Å²) < 4.78 is 0. The summed E-state index contributed by atoms with van der Waals surface area (Å²) in [4.78, 5) is 4.87. The van der Waals surface area contributed by atoms with Gasteiger partial charge < -0.3 is 10.0 Å². The van der Waals surface area contributed by atoms with Gasteiger partial charge in [0.15, 0.2) is 0 Å². The van der Waals surface area contributed by atoms with Crippen molar-refractivity contribution < 1.29 is 5.11 Å². The molecule has 3 atom stereocenters. The monoisotopic (exact) mass is 226 g/mol. The lowest BCUT2D eigenvalue weighted by atomic mass is 9.89. The lowest BCUT2D eigenvalue weighted by Gasteiger charge is -2.43. The predicted molar refractivity (Wildman–Crippen MR) is 66.5 cm³/mol. The van der Waals surface area contributed by atoms with Crippen molar-refractivity contribution in [3.05, 3.63) is 0 Å². The van der Waals surface area contributed by atoms with E-state index in [0.717, 1.165) is 13.0 Å². The second kappa shape index (κ2) is 5.48. The van der Waals surface area contributed by atoms with E-state index in [-0.39, 0.29) is 6.10 Å². The Labute approximate surface area is 99.4 Å². The zero-order chi connectivity index (χ0) is 11.5. The van der Waals surface area contributed by atoms with E-state index in [4.69, 9.17) is 0 Å². The number of aliphatic hydroxyl groups is 1. The van der Waals surface area contributed by atoms with Crippen LogP contribution in [0.25, 0.3) is 0 Å². The summed E-state index contributed by atoms with van der Waals surface area (Å²) in [5.74, 6) is 0. The van der Waals surface area contributed by atoms with E-state index in [0.29, 0.717) is 12.1 Å². The molecule has 1 saturated heterocycles. The van der Waals surface area contributed by atoms with Gasteiger partial charge in [-0.25, -0.2) is 0 Å². The maximum absolute atomic E-state index is 10.1. The molecule has 3 heteroatoms. The van der Waals surface area contributed by atoms with Crippen molar-refractivity contribution in [2.75, 3.05) is 27.2 Å². The fraction of sp³-hybridized carbons (Fsp3) is 1.00. The minimum absolute atomic E-state index is 0.0744. The van der Waals surface area contributed by atoms with Crippen molar-refractivity contribution in [1.29, 1.82) is 0 Å². The van der Waals surface area contributed by atoms with E-state index < -0.39 is 0 Å². The van der Waals surface area contributed by atoms with Gasteiger partial charge in [0.1, 0.15) is 0 Å². The van der Waals surface area contributed by atoms with Crippen LogP contribution in [-0.2, 0) is 0 Å². The van der Waals surface area contributed by atoms with Gasteiger partial charge in [-0.1, -0.05) is 12.8 Å². The van der Waals surface area contributed by atoms with Crippen molar-refractivity contribution >= 4 is 0 Å². The molecule has 94 valence electrons. The normalized spacial score (nSPS) is 37.9. The number of piperidine rings is 1. The van der Waals surface area contributed by atoms with E-state index >= 15 is 0 Å². The molecule has 1 heterocycles. The Bertz CT molecular complexity index is 220. The van der Waals surface area contributed by atoms with Crippen LogP contribution >= 0.6 is 0 Å². The van der Waals surface area contributed by atoms with Gasteiger partial charge in [-0.2, -0.15) is 0 Å². The Morgan fingerprint density at radius 1 is 1.06 bits per heavy atom. The summed E-state index contributed by atoms with van der Waals surface area (Å²) in [6.07, 6.45) is 7.23. The van der Waals surface area contributed by atoms with Gasteiger partial charge in [-0.3, -0.25) is 4.90 Å². The standard InChI is InChI=1S/C13H26N2O/c1-14(2)11-6-5-9-15(10-11)12-7-3-4-8-13(12)16/h11-13,16H,3-10H2,1-2H3/t11?,12-,13-/m0/s1. The molecule has 0 bridgehead atoms. The fourth-order valence-electron chi connectivity index (χ4n) is 3.22. The number of hydrogen-bond donors (Lipinski definition) is 1. The molecule has 0 aromatic carbocycles. The summed E-state index contributed by atoms with van der Waals surface area (Å²) in [7, 11) is 4.34. The third-order valence-corrected chi connectivity index (χ3v) is 4.32. The van der Waals surface area contributed by atoms with Gasteiger partial charge in [-0.05, 0) is 46.3 Å². The van der Waals surface area contributed by atoms with Gasteiger partial charge in [-0.15, -0.1) is 0 Å². The fourth-order valence-corrected chi connectivity index (χ4v) is 3.22. The molecule has 0 aromatic rings. The topological polar surface area (TPSA) is 26.7 Å². The first kappa shape index (κ1) is 12.3. The molecule has 1 unspecified atom stereocenters. The molecule has 16 heavy (non-hydrogen) atoms. The Kier molecular flexibility index (Phi) is 4.22. The Morgan fingerprint density at radius 2 is 1.81 bits per heavy atom. The number of likely N-dealkylation sites (tertiary alicyclic amines) is 1. The molecule has 3 nitrogen and oxygen atoms in total. The second-order valence-corrected chi connectivity index (χ2v) is 5.67. The summed E-state index contributed by atoms with van der Waals surface area (Å²) in [5.41, 5.74) is 0. The average Bonchev–Trinajstić information content (AvgIpc) is 2.30. The summed E-state index contributed by atoms with van der Waals surface area (Å²) in [6, 6.07) is 1.12. The first-order valence-electron chi connectivity index (χ1n) is 6.77. The molecule has 1 N–H and O–H groups in total. The molecule has 0 amide bonds. The predicted octanol–water partition coefficient (Wildman–Crippen LogP) is 1.32. The SMILES string of the molecule is CN(C)C1CCCN([C@H]2CCCC[C@@H]2O)C1. The number of aliphatic hydroxyl groups excluding tert-OH is 1. The summed E-state index contributed by atoms with van der Waals surface area (Å²) >= 11 is 0. The molecule has 2 fully saturated rings. The molecule has 1 aliphatic carbocycles. The maximum atomic E-state index is 10.1. The Morgan fingerprint density at radius 3 is 2.50 bits per heavy atom. The molecular formula is C13H26N2O. The lowest BCUT2D eigenvalue weighted by molar-refractivity contribution is -0.00445. The van der Waals surface area contributed by atoms with Crippen molar-refractivity contribution in [3.8, 4) is 0 Å². The van der Waals surface area contributed by atoms with Gasteiger partial charge in [0.2, 0.25) is 0 Å². The van der Waals surface area contributed by atoms with E-state index in [9.17, 15) is 5.11 Å². The quantitative estimate of drug-likeness (QED) is 0.769. The average molecular weight is 226 g/mol. The highest BCUT2D eigenvalue weighted by atomic mass is 16.3. The van der Waals surface area contributed by atoms with Crippen LogP contribution in [0.5, 0.6) is 0 Å². The highest BCUT2D eigenvalue weighted by Crippen LogP contribution is 2.26. The van der Waals surface area contributed by atoms with Gasteiger partial charge in [0, 0.05) is 18.6 Å². The van der Waals surface area contributed by atoms with E-state index in [2.05, 4.69) is 23.9 Å². The lowest BCUT2D eigenvalue weighted by Crippen LogP contribution is -2.53. The second-order valence-electron chi connectivity index (χ2n) is 5.67. The highest BCUT2D eigenvalue weighted by molar-refractivity contribution is 4.88. The van der Waals surface area contributed by atoms with Crippen LogP contribution in [0.15, 0.2) is 0 Å². The Balaban J connectivity index is 1.92. The van der Waals surface area contributed by atoms with Gasteiger partial charge in [0.25, 0.3) is 0 Å². The van der Waals surface area contributed by atoms with E-state index in [1.165, 1.54) is 38.6 Å². The van der Waals surface area contributed by atoms with E-state index in [1.54, 1.807) is 0 Å². The minimum Gasteiger partial charge on any atom is -0.391 e. The van der Waals surface area contributed by atoms with Crippen molar-refractivity contribution in [3.63, 3.8) is 0 Å². The van der Waals surface area contributed by atoms with Crippen LogP contribution < -0.4 is 0 Å². The molecule has 2 rings (SSSR count).